The Labute approximate surface area is 62.4 Å². The Balaban J connectivity index is 2.94. The zero-order chi connectivity index (χ0) is 6.85. The van der Waals surface area contributed by atoms with E-state index in [1.807, 2.05) is 13.8 Å². The summed E-state index contributed by atoms with van der Waals surface area (Å²) in [5.74, 6) is 0.888. The van der Waals surface area contributed by atoms with Crippen LogP contribution in [0.3, 0.4) is 0 Å². The Hall–Kier alpha value is -0.310. The monoisotopic (exact) mass is 189 g/mol. The number of aryl methyl sites for hydroxylation is 1. The highest BCUT2D eigenvalue weighted by molar-refractivity contribution is 9.09. The average Bonchev–Trinajstić information content (AvgIpc) is 2.13. The van der Waals surface area contributed by atoms with Crippen molar-refractivity contribution in [3.8, 4) is 0 Å². The maximum Gasteiger partial charge on any atom is 0.137 e. The van der Waals surface area contributed by atoms with Crippen LogP contribution in [-0.4, -0.2) is 5.16 Å². The van der Waals surface area contributed by atoms with Crippen LogP contribution in [0, 0.1) is 6.92 Å². The van der Waals surface area contributed by atoms with Gasteiger partial charge in [-0.3, -0.25) is 0 Å². The molecule has 50 valence electrons. The second-order valence-electron chi connectivity index (χ2n) is 1.95. The van der Waals surface area contributed by atoms with E-state index >= 15 is 0 Å². The molecular formula is C6H8BrNO. The number of aromatic nitrogens is 1. The molecule has 1 atom stereocenters. The summed E-state index contributed by atoms with van der Waals surface area (Å²) in [7, 11) is 0. The normalized spacial score (nSPS) is 13.7. The lowest BCUT2D eigenvalue weighted by Gasteiger charge is -1.95. The van der Waals surface area contributed by atoms with Gasteiger partial charge >= 0.3 is 0 Å². The van der Waals surface area contributed by atoms with Crippen molar-refractivity contribution < 1.29 is 4.52 Å². The van der Waals surface area contributed by atoms with E-state index in [1.54, 1.807) is 6.20 Å². The standard InChI is InChI=1S/C6H8BrNO/c1-4(7)6-3-8-9-5(6)2/h3-4H,1-2H3. The summed E-state index contributed by atoms with van der Waals surface area (Å²) in [6, 6.07) is 0. The third kappa shape index (κ3) is 1.33. The van der Waals surface area contributed by atoms with Gasteiger partial charge in [0.2, 0.25) is 0 Å². The van der Waals surface area contributed by atoms with E-state index in [2.05, 4.69) is 21.1 Å². The first-order chi connectivity index (χ1) is 4.22. The number of rotatable bonds is 1. The Morgan fingerprint density at radius 1 is 1.78 bits per heavy atom. The highest BCUT2D eigenvalue weighted by Gasteiger charge is 2.06. The van der Waals surface area contributed by atoms with Gasteiger partial charge < -0.3 is 4.52 Å². The molecule has 0 N–H and O–H groups in total. The first-order valence-corrected chi connectivity index (χ1v) is 3.68. The topological polar surface area (TPSA) is 26.0 Å². The minimum absolute atomic E-state index is 0.337. The van der Waals surface area contributed by atoms with Crippen LogP contribution in [0.1, 0.15) is 23.1 Å². The molecule has 1 aromatic rings. The molecule has 1 aromatic heterocycles. The fraction of sp³-hybridized carbons (Fsp3) is 0.500. The summed E-state index contributed by atoms with van der Waals surface area (Å²) in [5.41, 5.74) is 1.12. The molecule has 1 heterocycles. The maximum atomic E-state index is 4.85. The average molecular weight is 190 g/mol. The predicted molar refractivity (Wildman–Crippen MR) is 38.6 cm³/mol. The van der Waals surface area contributed by atoms with Gasteiger partial charge in [0, 0.05) is 10.4 Å². The molecule has 3 heteroatoms. The van der Waals surface area contributed by atoms with Gasteiger partial charge in [-0.05, 0) is 13.8 Å². The van der Waals surface area contributed by atoms with Crippen molar-refractivity contribution in [3.63, 3.8) is 0 Å². The van der Waals surface area contributed by atoms with Gasteiger partial charge in [0.15, 0.2) is 0 Å². The third-order valence-corrected chi connectivity index (χ3v) is 1.71. The zero-order valence-corrected chi connectivity index (χ0v) is 6.97. The summed E-state index contributed by atoms with van der Waals surface area (Å²) in [6.07, 6.45) is 1.73. The van der Waals surface area contributed by atoms with Crippen molar-refractivity contribution in [2.75, 3.05) is 0 Å². The van der Waals surface area contributed by atoms with Crippen LogP contribution in [0.4, 0.5) is 0 Å². The van der Waals surface area contributed by atoms with Gasteiger partial charge in [0.05, 0.1) is 6.20 Å². The maximum absolute atomic E-state index is 4.85. The summed E-state index contributed by atoms with van der Waals surface area (Å²) < 4.78 is 4.85. The van der Waals surface area contributed by atoms with Crippen LogP contribution in [-0.2, 0) is 0 Å². The van der Waals surface area contributed by atoms with Gasteiger partial charge in [0.1, 0.15) is 5.76 Å². The van der Waals surface area contributed by atoms with Crippen LogP contribution in [0.2, 0.25) is 0 Å². The summed E-state index contributed by atoms with van der Waals surface area (Å²) in [4.78, 5) is 0.337. The summed E-state index contributed by atoms with van der Waals surface area (Å²) in [5, 5.41) is 3.64. The van der Waals surface area contributed by atoms with E-state index in [0.717, 1.165) is 11.3 Å². The van der Waals surface area contributed by atoms with Crippen molar-refractivity contribution in [2.24, 2.45) is 0 Å². The molecule has 0 saturated carbocycles. The molecule has 0 saturated heterocycles. The molecule has 0 spiro atoms. The van der Waals surface area contributed by atoms with Crippen molar-refractivity contribution >= 4 is 15.9 Å². The van der Waals surface area contributed by atoms with Crippen molar-refractivity contribution in [1.82, 2.24) is 5.16 Å². The van der Waals surface area contributed by atoms with Crippen LogP contribution in [0.5, 0.6) is 0 Å². The first-order valence-electron chi connectivity index (χ1n) is 2.77. The molecule has 1 unspecified atom stereocenters. The number of nitrogens with zero attached hydrogens (tertiary/aromatic N) is 1. The lowest BCUT2D eigenvalue weighted by Crippen LogP contribution is -1.80. The molecule has 1 rings (SSSR count). The molecule has 0 aromatic carbocycles. The molecule has 0 radical (unpaired) electrons. The molecule has 0 amide bonds. The molecule has 0 bridgehead atoms. The van der Waals surface area contributed by atoms with Crippen molar-refractivity contribution in [2.45, 2.75) is 18.7 Å². The molecule has 0 aliphatic heterocycles. The Bertz CT molecular complexity index is 195. The van der Waals surface area contributed by atoms with Crippen LogP contribution in [0.25, 0.3) is 0 Å². The SMILES string of the molecule is Cc1oncc1C(C)Br. The number of hydrogen-bond acceptors (Lipinski definition) is 2. The minimum Gasteiger partial charge on any atom is -0.361 e. The molecule has 0 aliphatic rings. The third-order valence-electron chi connectivity index (χ3n) is 1.22. The molecular weight excluding hydrogens is 182 g/mol. The van der Waals surface area contributed by atoms with Crippen LogP contribution < -0.4 is 0 Å². The second kappa shape index (κ2) is 2.52. The summed E-state index contributed by atoms with van der Waals surface area (Å²) in [6.45, 7) is 3.94. The lowest BCUT2D eigenvalue weighted by molar-refractivity contribution is 0.396. The van der Waals surface area contributed by atoms with Gasteiger partial charge in [-0.15, -0.1) is 0 Å². The van der Waals surface area contributed by atoms with E-state index in [1.165, 1.54) is 0 Å². The fourth-order valence-corrected chi connectivity index (χ4v) is 1.13. The molecule has 9 heavy (non-hydrogen) atoms. The Morgan fingerprint density at radius 3 is 2.67 bits per heavy atom. The quantitative estimate of drug-likeness (QED) is 0.635. The van der Waals surface area contributed by atoms with E-state index in [0.29, 0.717) is 4.83 Å². The number of alkyl halides is 1. The van der Waals surface area contributed by atoms with Crippen molar-refractivity contribution in [1.29, 1.82) is 0 Å². The second-order valence-corrected chi connectivity index (χ2v) is 3.33. The van der Waals surface area contributed by atoms with E-state index in [-0.39, 0.29) is 0 Å². The Kier molecular flexibility index (Phi) is 1.90. The number of hydrogen-bond donors (Lipinski definition) is 0. The highest BCUT2D eigenvalue weighted by atomic mass is 79.9. The van der Waals surface area contributed by atoms with Gasteiger partial charge in [-0.25, -0.2) is 0 Å². The summed E-state index contributed by atoms with van der Waals surface area (Å²) >= 11 is 3.41. The van der Waals surface area contributed by atoms with E-state index in [4.69, 9.17) is 4.52 Å². The van der Waals surface area contributed by atoms with E-state index in [9.17, 15) is 0 Å². The largest absolute Gasteiger partial charge is 0.361 e. The van der Waals surface area contributed by atoms with Crippen LogP contribution >= 0.6 is 15.9 Å². The fourth-order valence-electron chi connectivity index (χ4n) is 0.689. The van der Waals surface area contributed by atoms with Gasteiger partial charge in [-0.1, -0.05) is 21.1 Å². The number of halogens is 1. The Morgan fingerprint density at radius 2 is 2.44 bits per heavy atom. The zero-order valence-electron chi connectivity index (χ0n) is 5.39. The van der Waals surface area contributed by atoms with Gasteiger partial charge in [-0.2, -0.15) is 0 Å². The molecule has 0 aliphatic carbocycles. The van der Waals surface area contributed by atoms with Crippen LogP contribution in [0.15, 0.2) is 10.7 Å². The molecule has 0 fully saturated rings. The molecule has 2 nitrogen and oxygen atoms in total. The van der Waals surface area contributed by atoms with Crippen molar-refractivity contribution in [3.05, 3.63) is 17.5 Å². The smallest absolute Gasteiger partial charge is 0.137 e. The first kappa shape index (κ1) is 6.81. The minimum atomic E-state index is 0.337. The lowest BCUT2D eigenvalue weighted by atomic mass is 10.2. The van der Waals surface area contributed by atoms with Gasteiger partial charge in [0.25, 0.3) is 0 Å². The van der Waals surface area contributed by atoms with E-state index < -0.39 is 0 Å². The predicted octanol–water partition coefficient (Wildman–Crippen LogP) is 2.44. The highest BCUT2D eigenvalue weighted by Crippen LogP contribution is 2.23.